The molecule has 0 bridgehead atoms. The van der Waals surface area contributed by atoms with Crippen molar-refractivity contribution in [3.8, 4) is 0 Å². The summed E-state index contributed by atoms with van der Waals surface area (Å²) >= 11 is 0. The Bertz CT molecular complexity index is 910. The fraction of sp³-hybridized carbons (Fsp3) is 0.455. The van der Waals surface area contributed by atoms with E-state index in [-0.39, 0.29) is 24.3 Å². The minimum Gasteiger partial charge on any atom is -0.469 e. The molecule has 1 saturated heterocycles. The zero-order valence-corrected chi connectivity index (χ0v) is 17.4. The van der Waals surface area contributed by atoms with Crippen LogP contribution < -0.4 is 5.84 Å². The van der Waals surface area contributed by atoms with Crippen molar-refractivity contribution in [2.45, 2.75) is 45.0 Å². The van der Waals surface area contributed by atoms with E-state index in [4.69, 9.17) is 15.3 Å². The summed E-state index contributed by atoms with van der Waals surface area (Å²) in [4.78, 5) is 11.2. The second-order valence-corrected chi connectivity index (χ2v) is 7.19. The van der Waals surface area contributed by atoms with Gasteiger partial charge in [-0.25, -0.2) is 0 Å². The molecule has 2 aromatic rings. The van der Waals surface area contributed by atoms with Crippen molar-refractivity contribution in [1.82, 2.24) is 10.2 Å². The normalized spacial score (nSPS) is 22.5. The van der Waals surface area contributed by atoms with Crippen molar-refractivity contribution in [3.63, 3.8) is 0 Å². The van der Waals surface area contributed by atoms with Gasteiger partial charge in [0, 0.05) is 23.1 Å². The summed E-state index contributed by atoms with van der Waals surface area (Å²) in [6.07, 6.45) is 7.84. The molecule has 1 fully saturated rings. The largest absolute Gasteiger partial charge is 0.469 e. The Morgan fingerprint density at radius 1 is 1.37 bits per heavy atom. The van der Waals surface area contributed by atoms with Crippen LogP contribution in [0.25, 0.3) is 10.8 Å². The van der Waals surface area contributed by atoms with Gasteiger partial charge in [0.25, 0.3) is 0 Å². The number of benzene rings is 1. The van der Waals surface area contributed by atoms with Crippen LogP contribution in [-0.4, -0.2) is 48.0 Å². The number of unbranched alkanes of at least 4 members (excludes halogenated alkanes) is 1. The molecule has 30 heavy (non-hydrogen) atoms. The number of rotatable bonds is 8. The molecule has 1 aliphatic heterocycles. The number of hydrazone groups is 1. The van der Waals surface area contributed by atoms with E-state index in [1.807, 2.05) is 31.2 Å². The maximum Gasteiger partial charge on any atom is 0.305 e. The Kier molecular flexibility index (Phi) is 7.87. The Hall–Kier alpha value is -2.84. The van der Waals surface area contributed by atoms with E-state index in [1.165, 1.54) is 7.11 Å². The molecule has 3 rings (SSSR count). The molecule has 3 atom stereocenters. The lowest BCUT2D eigenvalue weighted by molar-refractivity contribution is -0.207. The maximum atomic E-state index is 11.2. The first-order chi connectivity index (χ1) is 14.6. The molecule has 1 aromatic heterocycles. The predicted octanol–water partition coefficient (Wildman–Crippen LogP) is 2.96. The van der Waals surface area contributed by atoms with E-state index in [0.29, 0.717) is 24.4 Å². The van der Waals surface area contributed by atoms with E-state index in [0.717, 1.165) is 30.0 Å². The summed E-state index contributed by atoms with van der Waals surface area (Å²) in [5, 5.41) is 14.4. The number of hydrogen-bond acceptors (Lipinski definition) is 8. The van der Waals surface area contributed by atoms with Crippen LogP contribution in [0.3, 0.4) is 0 Å². The highest BCUT2D eigenvalue weighted by Crippen LogP contribution is 2.27. The van der Waals surface area contributed by atoms with Crippen LogP contribution in [0, 0.1) is 5.92 Å². The van der Waals surface area contributed by atoms with Crippen LogP contribution in [0.1, 0.15) is 38.3 Å². The number of aromatic nitrogens is 2. The molecular formula is C22H28N4O4. The van der Waals surface area contributed by atoms with Gasteiger partial charge < -0.3 is 20.1 Å². The lowest BCUT2D eigenvalue weighted by Gasteiger charge is -2.35. The molecule has 160 valence electrons. The number of nitrogens with two attached hydrogens (primary N) is 1. The second kappa shape index (κ2) is 10.8. The molecule has 1 aliphatic rings. The standard InChI is InChI=1S/C22H28N4O4/c1-15-29-14-17(10-5-3-4-6-12-19(27)28-2)22(30-15)21(25-23)20-18-11-8-7-9-16(18)13-24-26-20/h3,5,7-9,11,13,15,17,22H,4,6,10,12,14,23H2,1-2H3/b5-3-,25-21-/t15-,17+,22-/m1/s1. The molecule has 2 heterocycles. The number of esters is 1. The fourth-order valence-corrected chi connectivity index (χ4v) is 3.52. The third kappa shape index (κ3) is 5.40. The predicted molar refractivity (Wildman–Crippen MR) is 114 cm³/mol. The van der Waals surface area contributed by atoms with Gasteiger partial charge in [0.05, 0.1) is 19.9 Å². The number of methoxy groups -OCH3 is 1. The van der Waals surface area contributed by atoms with E-state index in [1.54, 1.807) is 6.20 Å². The van der Waals surface area contributed by atoms with Gasteiger partial charge >= 0.3 is 5.97 Å². The first kappa shape index (κ1) is 21.9. The molecule has 0 aliphatic carbocycles. The molecule has 0 spiro atoms. The third-order valence-electron chi connectivity index (χ3n) is 5.12. The highest BCUT2D eigenvalue weighted by atomic mass is 16.7. The van der Waals surface area contributed by atoms with E-state index in [2.05, 4.69) is 32.2 Å². The Morgan fingerprint density at radius 2 is 2.20 bits per heavy atom. The van der Waals surface area contributed by atoms with Crippen molar-refractivity contribution >= 4 is 22.5 Å². The zero-order chi connectivity index (χ0) is 21.3. The smallest absolute Gasteiger partial charge is 0.305 e. The van der Waals surface area contributed by atoms with Gasteiger partial charge in [-0.3, -0.25) is 4.79 Å². The number of allylic oxidation sites excluding steroid dienone is 2. The summed E-state index contributed by atoms with van der Waals surface area (Å²) < 4.78 is 16.5. The van der Waals surface area contributed by atoms with E-state index < -0.39 is 0 Å². The van der Waals surface area contributed by atoms with Crippen LogP contribution in [0.5, 0.6) is 0 Å². The van der Waals surface area contributed by atoms with Gasteiger partial charge in [0.1, 0.15) is 17.5 Å². The lowest BCUT2D eigenvalue weighted by atomic mass is 9.91. The Labute approximate surface area is 176 Å². The Balaban J connectivity index is 1.74. The average molecular weight is 412 g/mol. The molecule has 0 unspecified atom stereocenters. The minimum atomic E-state index is -0.366. The SMILES string of the molecule is COC(=O)CCC/C=C\C[C@H]1CO[C@@H](C)O[C@H]1/C(=N\N)c1nncc2ccccc12. The third-order valence-corrected chi connectivity index (χ3v) is 5.12. The summed E-state index contributed by atoms with van der Waals surface area (Å²) in [5.74, 6) is 5.65. The molecule has 2 N–H and O–H groups in total. The maximum absolute atomic E-state index is 11.2. The molecule has 0 saturated carbocycles. The van der Waals surface area contributed by atoms with Gasteiger partial charge in [0.2, 0.25) is 0 Å². The van der Waals surface area contributed by atoms with Crippen molar-refractivity contribution in [3.05, 3.63) is 48.3 Å². The molecule has 0 amide bonds. The minimum absolute atomic E-state index is 0.0288. The average Bonchev–Trinajstić information content (AvgIpc) is 2.77. The monoisotopic (exact) mass is 412 g/mol. The number of carbonyl (C=O) groups is 1. The van der Waals surface area contributed by atoms with Crippen LogP contribution >= 0.6 is 0 Å². The summed E-state index contributed by atoms with van der Waals surface area (Å²) in [5.41, 5.74) is 1.19. The van der Waals surface area contributed by atoms with E-state index >= 15 is 0 Å². The van der Waals surface area contributed by atoms with Gasteiger partial charge in [-0.1, -0.05) is 36.4 Å². The molecular weight excluding hydrogens is 384 g/mol. The van der Waals surface area contributed by atoms with Gasteiger partial charge in [-0.15, -0.1) is 5.10 Å². The first-order valence-electron chi connectivity index (χ1n) is 10.1. The van der Waals surface area contributed by atoms with Crippen molar-refractivity contribution in [1.29, 1.82) is 0 Å². The van der Waals surface area contributed by atoms with Gasteiger partial charge in [0.15, 0.2) is 6.29 Å². The molecule has 1 aromatic carbocycles. The van der Waals surface area contributed by atoms with Gasteiger partial charge in [-0.05, 0) is 26.2 Å². The number of nitrogens with zero attached hydrogens (tertiary/aromatic N) is 3. The molecule has 0 radical (unpaired) electrons. The lowest BCUT2D eigenvalue weighted by Crippen LogP contribution is -2.44. The van der Waals surface area contributed by atoms with Gasteiger partial charge in [-0.2, -0.15) is 10.2 Å². The number of fused-ring (bicyclic) bond motifs is 1. The second-order valence-electron chi connectivity index (χ2n) is 7.19. The highest BCUT2D eigenvalue weighted by Gasteiger charge is 2.35. The number of hydrogen-bond donors (Lipinski definition) is 1. The summed E-state index contributed by atoms with van der Waals surface area (Å²) in [7, 11) is 1.40. The quantitative estimate of drug-likeness (QED) is 0.177. The zero-order valence-electron chi connectivity index (χ0n) is 17.4. The summed E-state index contributed by atoms with van der Waals surface area (Å²) in [6, 6.07) is 7.85. The van der Waals surface area contributed by atoms with Crippen molar-refractivity contribution in [2.75, 3.05) is 13.7 Å². The number of ether oxygens (including phenoxy) is 3. The molecule has 8 nitrogen and oxygen atoms in total. The van der Waals surface area contributed by atoms with Crippen LogP contribution in [-0.2, 0) is 19.0 Å². The summed E-state index contributed by atoms with van der Waals surface area (Å²) in [6.45, 7) is 2.38. The van der Waals surface area contributed by atoms with E-state index in [9.17, 15) is 4.79 Å². The topological polar surface area (TPSA) is 109 Å². The fourth-order valence-electron chi connectivity index (χ4n) is 3.52. The first-order valence-corrected chi connectivity index (χ1v) is 10.1. The highest BCUT2D eigenvalue weighted by molar-refractivity contribution is 6.11. The Morgan fingerprint density at radius 3 is 3.00 bits per heavy atom. The van der Waals surface area contributed by atoms with Crippen LogP contribution in [0.4, 0.5) is 0 Å². The molecule has 8 heteroatoms. The van der Waals surface area contributed by atoms with Crippen LogP contribution in [0.15, 0.2) is 47.7 Å². The van der Waals surface area contributed by atoms with Crippen molar-refractivity contribution < 1.29 is 19.0 Å². The van der Waals surface area contributed by atoms with Crippen LogP contribution in [0.2, 0.25) is 0 Å². The van der Waals surface area contributed by atoms with Crippen molar-refractivity contribution in [2.24, 2.45) is 16.9 Å². The number of carbonyl (C=O) groups excluding carboxylic acids is 1.